The zero-order valence-electron chi connectivity index (χ0n) is 17.5. The molecule has 5 rings (SSSR count). The number of fused-ring (bicyclic) bond motifs is 3. The summed E-state index contributed by atoms with van der Waals surface area (Å²) in [5.41, 5.74) is 5.91. The Balaban J connectivity index is 1.60. The molecule has 1 amide bonds. The SMILES string of the molecule is COc1ccc2c(c1)-c1nc(-n3ncc(C(=O)NC(C)C)c3C3CC3)ncc1CC2. The Morgan fingerprint density at radius 2 is 2.00 bits per heavy atom. The lowest BCUT2D eigenvalue weighted by Gasteiger charge is -2.20. The van der Waals surface area contributed by atoms with Gasteiger partial charge in [0.05, 0.1) is 30.3 Å². The quantitative estimate of drug-likeness (QED) is 0.706. The summed E-state index contributed by atoms with van der Waals surface area (Å²) in [5.74, 6) is 1.56. The Morgan fingerprint density at radius 1 is 1.20 bits per heavy atom. The minimum Gasteiger partial charge on any atom is -0.497 e. The largest absolute Gasteiger partial charge is 0.497 e. The number of carbonyl (C=O) groups excluding carboxylic acids is 1. The van der Waals surface area contributed by atoms with Gasteiger partial charge in [-0.05, 0) is 62.8 Å². The zero-order chi connectivity index (χ0) is 20.8. The molecule has 1 saturated carbocycles. The monoisotopic (exact) mass is 403 g/mol. The van der Waals surface area contributed by atoms with Crippen LogP contribution in [0.25, 0.3) is 17.2 Å². The Morgan fingerprint density at radius 3 is 2.73 bits per heavy atom. The minimum absolute atomic E-state index is 0.0689. The van der Waals surface area contributed by atoms with E-state index >= 15 is 0 Å². The third-order valence-corrected chi connectivity index (χ3v) is 5.71. The number of hydrogen-bond donors (Lipinski definition) is 1. The molecule has 0 spiro atoms. The fourth-order valence-electron chi connectivity index (χ4n) is 4.09. The van der Waals surface area contributed by atoms with Gasteiger partial charge in [-0.15, -0.1) is 0 Å². The van der Waals surface area contributed by atoms with Crippen LogP contribution >= 0.6 is 0 Å². The lowest BCUT2D eigenvalue weighted by molar-refractivity contribution is 0.0942. The van der Waals surface area contributed by atoms with E-state index in [1.54, 1.807) is 18.0 Å². The van der Waals surface area contributed by atoms with Gasteiger partial charge in [0.1, 0.15) is 5.75 Å². The van der Waals surface area contributed by atoms with Crippen LogP contribution < -0.4 is 10.1 Å². The van der Waals surface area contributed by atoms with Gasteiger partial charge in [0.25, 0.3) is 11.9 Å². The lowest BCUT2D eigenvalue weighted by Crippen LogP contribution is -2.30. The highest BCUT2D eigenvalue weighted by atomic mass is 16.5. The Labute approximate surface area is 175 Å². The van der Waals surface area contributed by atoms with Crippen molar-refractivity contribution >= 4 is 5.91 Å². The van der Waals surface area contributed by atoms with Crippen LogP contribution in [0.5, 0.6) is 5.75 Å². The van der Waals surface area contributed by atoms with Crippen molar-refractivity contribution in [2.75, 3.05) is 7.11 Å². The summed E-state index contributed by atoms with van der Waals surface area (Å²) in [6, 6.07) is 6.21. The first-order chi connectivity index (χ1) is 14.5. The molecular formula is C23H25N5O2. The van der Waals surface area contributed by atoms with Crippen molar-refractivity contribution in [3.63, 3.8) is 0 Å². The van der Waals surface area contributed by atoms with E-state index in [0.29, 0.717) is 17.4 Å². The topological polar surface area (TPSA) is 81.9 Å². The Kier molecular flexibility index (Phi) is 4.53. The maximum atomic E-state index is 12.7. The van der Waals surface area contributed by atoms with Crippen LogP contribution in [-0.4, -0.2) is 38.8 Å². The van der Waals surface area contributed by atoms with Gasteiger partial charge in [0, 0.05) is 23.7 Å². The summed E-state index contributed by atoms with van der Waals surface area (Å²) in [6.07, 6.45) is 7.52. The van der Waals surface area contributed by atoms with Crippen LogP contribution in [0, 0.1) is 0 Å². The average molecular weight is 403 g/mol. The number of nitrogens with zero attached hydrogens (tertiary/aromatic N) is 4. The molecule has 2 aromatic heterocycles. The van der Waals surface area contributed by atoms with Crippen molar-refractivity contribution in [1.82, 2.24) is 25.1 Å². The molecule has 0 radical (unpaired) electrons. The number of nitrogens with one attached hydrogen (secondary N) is 1. The summed E-state index contributed by atoms with van der Waals surface area (Å²) in [6.45, 7) is 3.91. The fourth-order valence-corrected chi connectivity index (χ4v) is 4.09. The molecule has 2 heterocycles. The second kappa shape index (κ2) is 7.23. The fraction of sp³-hybridized carbons (Fsp3) is 0.391. The molecule has 7 nitrogen and oxygen atoms in total. The van der Waals surface area contributed by atoms with Crippen LogP contribution in [0.4, 0.5) is 0 Å². The molecule has 7 heteroatoms. The molecule has 2 aliphatic carbocycles. The van der Waals surface area contributed by atoms with E-state index in [4.69, 9.17) is 9.72 Å². The minimum atomic E-state index is -0.0915. The lowest BCUT2D eigenvalue weighted by atomic mass is 9.90. The number of hydrogen-bond acceptors (Lipinski definition) is 5. The van der Waals surface area contributed by atoms with Gasteiger partial charge < -0.3 is 10.1 Å². The maximum Gasteiger partial charge on any atom is 0.254 e. The Bertz CT molecular complexity index is 1130. The molecule has 1 aromatic carbocycles. The second-order valence-electron chi connectivity index (χ2n) is 8.32. The van der Waals surface area contributed by atoms with Crippen LogP contribution in [0.3, 0.4) is 0 Å². The zero-order valence-corrected chi connectivity index (χ0v) is 17.5. The van der Waals surface area contributed by atoms with Crippen molar-refractivity contribution in [2.24, 2.45) is 0 Å². The molecular weight excluding hydrogens is 378 g/mol. The highest BCUT2D eigenvalue weighted by Gasteiger charge is 2.34. The number of amides is 1. The Hall–Kier alpha value is -3.22. The van der Waals surface area contributed by atoms with E-state index in [1.807, 2.05) is 32.2 Å². The van der Waals surface area contributed by atoms with E-state index in [2.05, 4.69) is 21.5 Å². The van der Waals surface area contributed by atoms with E-state index < -0.39 is 0 Å². The summed E-state index contributed by atoms with van der Waals surface area (Å²) in [7, 11) is 1.67. The molecule has 0 aliphatic heterocycles. The average Bonchev–Trinajstić information content (AvgIpc) is 3.49. The maximum absolute atomic E-state index is 12.7. The molecule has 0 atom stereocenters. The van der Waals surface area contributed by atoms with Gasteiger partial charge in [-0.3, -0.25) is 4.79 Å². The molecule has 0 saturated heterocycles. The third-order valence-electron chi connectivity index (χ3n) is 5.71. The normalized spacial score (nSPS) is 14.9. The van der Waals surface area contributed by atoms with E-state index in [1.165, 1.54) is 5.56 Å². The number of aryl methyl sites for hydroxylation is 2. The first kappa shape index (κ1) is 18.8. The number of ether oxygens (including phenoxy) is 1. The molecule has 0 bridgehead atoms. The molecule has 3 aromatic rings. The van der Waals surface area contributed by atoms with Gasteiger partial charge in [-0.25, -0.2) is 14.6 Å². The molecule has 1 N–H and O–H groups in total. The first-order valence-corrected chi connectivity index (χ1v) is 10.5. The summed E-state index contributed by atoms with van der Waals surface area (Å²) in [5, 5.41) is 7.50. The molecule has 2 aliphatic rings. The van der Waals surface area contributed by atoms with Gasteiger partial charge in [-0.1, -0.05) is 6.07 Å². The molecule has 0 unspecified atom stereocenters. The summed E-state index contributed by atoms with van der Waals surface area (Å²) in [4.78, 5) is 22.2. The predicted molar refractivity (Wildman–Crippen MR) is 113 cm³/mol. The summed E-state index contributed by atoms with van der Waals surface area (Å²) < 4.78 is 7.18. The number of rotatable bonds is 5. The van der Waals surface area contributed by atoms with Gasteiger partial charge >= 0.3 is 0 Å². The number of methoxy groups -OCH3 is 1. The van der Waals surface area contributed by atoms with Crippen LogP contribution in [0.1, 0.15) is 59.8 Å². The molecule has 30 heavy (non-hydrogen) atoms. The highest BCUT2D eigenvalue weighted by molar-refractivity contribution is 5.95. The van der Waals surface area contributed by atoms with Gasteiger partial charge in [0.2, 0.25) is 0 Å². The van der Waals surface area contributed by atoms with Crippen LogP contribution in [0.15, 0.2) is 30.6 Å². The third kappa shape index (κ3) is 3.24. The van der Waals surface area contributed by atoms with Crippen molar-refractivity contribution in [1.29, 1.82) is 0 Å². The standard InChI is InChI=1S/C23H25N5O2/c1-13(2)26-22(29)19-12-25-28(21(19)15-5-6-15)23-24-11-16-7-4-14-8-9-17(30-3)10-18(14)20(16)27-23/h8-13,15H,4-7H2,1-3H3,(H,26,29). The number of benzene rings is 1. The van der Waals surface area contributed by atoms with E-state index in [0.717, 1.165) is 53.9 Å². The van der Waals surface area contributed by atoms with Crippen molar-refractivity contribution in [2.45, 2.75) is 51.5 Å². The highest BCUT2D eigenvalue weighted by Crippen LogP contribution is 2.42. The van der Waals surface area contributed by atoms with E-state index in [-0.39, 0.29) is 11.9 Å². The van der Waals surface area contributed by atoms with Crippen molar-refractivity contribution in [3.05, 3.63) is 53.0 Å². The second-order valence-corrected chi connectivity index (χ2v) is 8.32. The van der Waals surface area contributed by atoms with E-state index in [9.17, 15) is 4.79 Å². The van der Waals surface area contributed by atoms with Crippen molar-refractivity contribution in [3.8, 4) is 23.0 Å². The van der Waals surface area contributed by atoms with Gasteiger partial charge in [-0.2, -0.15) is 5.10 Å². The first-order valence-electron chi connectivity index (χ1n) is 10.5. The number of aromatic nitrogens is 4. The van der Waals surface area contributed by atoms with Gasteiger partial charge in [0.15, 0.2) is 0 Å². The predicted octanol–water partition coefficient (Wildman–Crippen LogP) is 3.45. The van der Waals surface area contributed by atoms with Crippen LogP contribution in [0.2, 0.25) is 0 Å². The van der Waals surface area contributed by atoms with Crippen LogP contribution in [-0.2, 0) is 12.8 Å². The number of carbonyl (C=O) groups is 1. The van der Waals surface area contributed by atoms with Crippen molar-refractivity contribution < 1.29 is 9.53 Å². The molecule has 154 valence electrons. The summed E-state index contributed by atoms with van der Waals surface area (Å²) >= 11 is 0. The smallest absolute Gasteiger partial charge is 0.254 e. The molecule has 1 fully saturated rings.